The highest BCUT2D eigenvalue weighted by Gasteiger charge is 2.28. The van der Waals surface area contributed by atoms with Crippen molar-refractivity contribution >= 4 is 17.9 Å². The first kappa shape index (κ1) is 20.3. The summed E-state index contributed by atoms with van der Waals surface area (Å²) in [5.74, 6) is 1.10. The molecule has 0 bridgehead atoms. The normalized spacial score (nSPS) is 14.7. The van der Waals surface area contributed by atoms with Gasteiger partial charge in [0.25, 0.3) is 0 Å². The number of aromatic hydroxyl groups is 1. The third kappa shape index (κ3) is 3.76. The Labute approximate surface area is 191 Å². The van der Waals surface area contributed by atoms with Crippen LogP contribution < -0.4 is 4.74 Å². The summed E-state index contributed by atoms with van der Waals surface area (Å²) in [5.41, 5.74) is 6.38. The highest BCUT2D eigenvalue weighted by molar-refractivity contribution is 6.31. The summed E-state index contributed by atoms with van der Waals surface area (Å²) in [4.78, 5) is 11.7. The lowest BCUT2D eigenvalue weighted by Gasteiger charge is -2.18. The molecule has 0 radical (unpaired) electrons. The summed E-state index contributed by atoms with van der Waals surface area (Å²) >= 11 is 6.66. The summed E-state index contributed by atoms with van der Waals surface area (Å²) in [6.07, 6.45) is 2.63. The number of halogens is 1. The van der Waals surface area contributed by atoms with E-state index in [1.165, 1.54) is 28.3 Å². The Hall–Kier alpha value is -3.56. The van der Waals surface area contributed by atoms with Crippen LogP contribution in [0.5, 0.6) is 17.2 Å². The molecule has 4 aromatic rings. The Morgan fingerprint density at radius 1 is 0.906 bits per heavy atom. The molecule has 3 nitrogen and oxygen atoms in total. The minimum atomic E-state index is 0.0995. The van der Waals surface area contributed by atoms with Crippen LogP contribution in [-0.2, 0) is 6.42 Å². The molecular formula is C28H21ClO3. The van der Waals surface area contributed by atoms with Crippen molar-refractivity contribution in [2.24, 2.45) is 0 Å². The van der Waals surface area contributed by atoms with E-state index in [0.717, 1.165) is 24.7 Å². The fraction of sp³-hybridized carbons (Fsp3) is 0.107. The van der Waals surface area contributed by atoms with E-state index >= 15 is 0 Å². The fourth-order valence-corrected chi connectivity index (χ4v) is 4.88. The first-order valence-corrected chi connectivity index (χ1v) is 10.9. The Kier molecular flexibility index (Phi) is 5.42. The van der Waals surface area contributed by atoms with Gasteiger partial charge in [0.1, 0.15) is 17.2 Å². The van der Waals surface area contributed by atoms with Crippen molar-refractivity contribution in [3.63, 3.8) is 0 Å². The van der Waals surface area contributed by atoms with Crippen LogP contribution in [0.3, 0.4) is 0 Å². The lowest BCUT2D eigenvalue weighted by Crippen LogP contribution is -2.01. The third-order valence-corrected chi connectivity index (χ3v) is 6.36. The molecule has 158 valence electrons. The SMILES string of the molecule is O=Cc1cc(Cl)c([C@H]2CCc3c(-c4ccccc4)cccc32)cc1Oc1cccc(O)c1. The number of hydrogen-bond acceptors (Lipinski definition) is 3. The molecular weight excluding hydrogens is 420 g/mol. The average molecular weight is 441 g/mol. The van der Waals surface area contributed by atoms with E-state index in [9.17, 15) is 9.90 Å². The predicted octanol–water partition coefficient (Wildman–Crippen LogP) is 7.40. The minimum Gasteiger partial charge on any atom is -0.508 e. The monoisotopic (exact) mass is 440 g/mol. The van der Waals surface area contributed by atoms with E-state index in [4.69, 9.17) is 16.3 Å². The summed E-state index contributed by atoms with van der Waals surface area (Å²) in [6, 6.07) is 26.9. The van der Waals surface area contributed by atoms with Crippen molar-refractivity contribution < 1.29 is 14.6 Å². The van der Waals surface area contributed by atoms with E-state index in [-0.39, 0.29) is 11.7 Å². The summed E-state index contributed by atoms with van der Waals surface area (Å²) in [7, 11) is 0. The van der Waals surface area contributed by atoms with Crippen molar-refractivity contribution in [2.45, 2.75) is 18.8 Å². The summed E-state index contributed by atoms with van der Waals surface area (Å²) in [6.45, 7) is 0. The molecule has 0 saturated carbocycles. The van der Waals surface area contributed by atoms with Gasteiger partial charge in [-0.25, -0.2) is 0 Å². The maximum absolute atomic E-state index is 11.7. The number of rotatable bonds is 5. The largest absolute Gasteiger partial charge is 0.508 e. The van der Waals surface area contributed by atoms with Gasteiger partial charge in [-0.1, -0.05) is 66.2 Å². The molecule has 1 N–H and O–H groups in total. The number of benzene rings is 4. The Bertz CT molecular complexity index is 1300. The highest BCUT2D eigenvalue weighted by atomic mass is 35.5. The predicted molar refractivity (Wildman–Crippen MR) is 127 cm³/mol. The van der Waals surface area contributed by atoms with Gasteiger partial charge in [-0.05, 0) is 64.9 Å². The van der Waals surface area contributed by atoms with Crippen molar-refractivity contribution in [3.05, 3.63) is 112 Å². The van der Waals surface area contributed by atoms with Crippen LogP contribution in [0.25, 0.3) is 11.1 Å². The van der Waals surface area contributed by atoms with Crippen LogP contribution in [0.4, 0.5) is 0 Å². The maximum atomic E-state index is 11.7. The molecule has 0 aromatic heterocycles. The zero-order chi connectivity index (χ0) is 22.1. The molecule has 0 fully saturated rings. The molecule has 1 aliphatic rings. The highest BCUT2D eigenvalue weighted by Crippen LogP contribution is 2.46. The molecule has 0 amide bonds. The van der Waals surface area contributed by atoms with Gasteiger partial charge >= 0.3 is 0 Å². The van der Waals surface area contributed by atoms with Gasteiger partial charge in [-0.2, -0.15) is 0 Å². The van der Waals surface area contributed by atoms with Crippen LogP contribution >= 0.6 is 11.6 Å². The van der Waals surface area contributed by atoms with Crippen molar-refractivity contribution in [3.8, 4) is 28.4 Å². The van der Waals surface area contributed by atoms with Crippen LogP contribution in [-0.4, -0.2) is 11.4 Å². The van der Waals surface area contributed by atoms with Crippen molar-refractivity contribution in [2.75, 3.05) is 0 Å². The summed E-state index contributed by atoms with van der Waals surface area (Å²) < 4.78 is 5.97. The number of fused-ring (bicyclic) bond motifs is 1. The third-order valence-electron chi connectivity index (χ3n) is 6.03. The molecule has 32 heavy (non-hydrogen) atoms. The molecule has 0 unspecified atom stereocenters. The Morgan fingerprint density at radius 3 is 2.50 bits per heavy atom. The van der Waals surface area contributed by atoms with Gasteiger partial charge < -0.3 is 9.84 Å². The molecule has 0 aliphatic heterocycles. The fourth-order valence-electron chi connectivity index (χ4n) is 4.57. The number of ether oxygens (including phenoxy) is 1. The zero-order valence-electron chi connectivity index (χ0n) is 17.3. The molecule has 1 aliphatic carbocycles. The number of hydrogen-bond donors (Lipinski definition) is 1. The second-order valence-electron chi connectivity index (χ2n) is 7.96. The smallest absolute Gasteiger partial charge is 0.153 e. The van der Waals surface area contributed by atoms with Crippen LogP contribution in [0, 0.1) is 0 Å². The number of aldehydes is 1. The van der Waals surface area contributed by atoms with E-state index in [2.05, 4.69) is 42.5 Å². The van der Waals surface area contributed by atoms with Gasteiger partial charge in [0.2, 0.25) is 0 Å². The van der Waals surface area contributed by atoms with Crippen molar-refractivity contribution in [1.82, 2.24) is 0 Å². The van der Waals surface area contributed by atoms with E-state index in [0.29, 0.717) is 22.1 Å². The van der Waals surface area contributed by atoms with E-state index in [1.54, 1.807) is 24.3 Å². The van der Waals surface area contributed by atoms with Crippen LogP contribution in [0.1, 0.15) is 39.4 Å². The number of carbonyl (C=O) groups is 1. The van der Waals surface area contributed by atoms with Gasteiger partial charge in [0, 0.05) is 17.0 Å². The Balaban J connectivity index is 1.56. The molecule has 0 heterocycles. The topological polar surface area (TPSA) is 46.5 Å². The first-order chi connectivity index (χ1) is 15.6. The number of phenolic OH excluding ortho intramolecular Hbond substituents is 1. The van der Waals surface area contributed by atoms with Gasteiger partial charge in [0.05, 0.1) is 5.56 Å². The quantitative estimate of drug-likeness (QED) is 0.329. The second-order valence-corrected chi connectivity index (χ2v) is 8.37. The maximum Gasteiger partial charge on any atom is 0.153 e. The van der Waals surface area contributed by atoms with Crippen LogP contribution in [0.15, 0.2) is 84.9 Å². The molecule has 1 atom stereocenters. The zero-order valence-corrected chi connectivity index (χ0v) is 18.0. The minimum absolute atomic E-state index is 0.0995. The average Bonchev–Trinajstić information content (AvgIpc) is 3.24. The molecule has 0 saturated heterocycles. The Morgan fingerprint density at radius 2 is 1.72 bits per heavy atom. The lowest BCUT2D eigenvalue weighted by molar-refractivity contribution is 0.112. The molecule has 5 rings (SSSR count). The van der Waals surface area contributed by atoms with E-state index < -0.39 is 0 Å². The number of phenols is 1. The number of carbonyl (C=O) groups excluding carboxylic acids is 1. The standard InChI is InChI=1S/C28H21ClO3/c29-27-14-19(17-30)28(32-21-9-4-8-20(31)15-21)16-26(27)25-13-12-24-22(10-5-11-23(24)25)18-6-2-1-3-7-18/h1-11,14-17,25,31H,12-13H2/t25-/m0/s1. The molecule has 4 heteroatoms. The first-order valence-electron chi connectivity index (χ1n) is 10.6. The van der Waals surface area contributed by atoms with E-state index in [1.807, 2.05) is 12.1 Å². The summed E-state index contributed by atoms with van der Waals surface area (Å²) in [5, 5.41) is 10.3. The van der Waals surface area contributed by atoms with Gasteiger partial charge in [-0.15, -0.1) is 0 Å². The lowest BCUT2D eigenvalue weighted by atomic mass is 9.90. The second kappa shape index (κ2) is 8.52. The van der Waals surface area contributed by atoms with Crippen molar-refractivity contribution in [1.29, 1.82) is 0 Å². The van der Waals surface area contributed by atoms with Gasteiger partial charge in [0.15, 0.2) is 6.29 Å². The van der Waals surface area contributed by atoms with Crippen LogP contribution in [0.2, 0.25) is 5.02 Å². The van der Waals surface area contributed by atoms with Gasteiger partial charge in [-0.3, -0.25) is 4.79 Å². The molecule has 4 aromatic carbocycles. The molecule has 0 spiro atoms.